The lowest BCUT2D eigenvalue weighted by Crippen LogP contribution is -2.33. The number of thioether (sulfide) groups is 1. The van der Waals surface area contributed by atoms with Gasteiger partial charge in [-0.2, -0.15) is 0 Å². The standard InChI is InChI=1S/C23H28N4OS/c1-5-27-21(20(16(2)3)24-22(28)19-9-7-6-8-10-19)25-26-23(27)29-15-18-13-11-17(4)12-14-18/h6-14,16,20H,5,15H2,1-4H3,(H,24,28)/t20-/m1/s1. The summed E-state index contributed by atoms with van der Waals surface area (Å²) in [5.41, 5.74) is 3.16. The van der Waals surface area contributed by atoms with Gasteiger partial charge in [0.1, 0.15) is 0 Å². The maximum atomic E-state index is 12.7. The second-order valence-electron chi connectivity index (χ2n) is 7.42. The van der Waals surface area contributed by atoms with Crippen LogP contribution in [0.4, 0.5) is 0 Å². The molecule has 3 aromatic rings. The number of rotatable bonds is 8. The van der Waals surface area contributed by atoms with Crippen LogP contribution in [0, 0.1) is 12.8 Å². The fraction of sp³-hybridized carbons (Fsp3) is 0.348. The van der Waals surface area contributed by atoms with Gasteiger partial charge in [-0.05, 0) is 37.5 Å². The predicted molar refractivity (Wildman–Crippen MR) is 118 cm³/mol. The lowest BCUT2D eigenvalue weighted by molar-refractivity contribution is 0.0922. The molecule has 1 aromatic heterocycles. The van der Waals surface area contributed by atoms with E-state index in [0.29, 0.717) is 5.56 Å². The van der Waals surface area contributed by atoms with Gasteiger partial charge in [-0.3, -0.25) is 4.79 Å². The molecule has 0 aliphatic rings. The quantitative estimate of drug-likeness (QED) is 0.531. The zero-order valence-electron chi connectivity index (χ0n) is 17.4. The van der Waals surface area contributed by atoms with E-state index in [1.165, 1.54) is 11.1 Å². The van der Waals surface area contributed by atoms with Crippen molar-refractivity contribution in [3.8, 4) is 0 Å². The fourth-order valence-corrected chi connectivity index (χ4v) is 4.07. The third-order valence-electron chi connectivity index (χ3n) is 4.82. The molecule has 152 valence electrons. The first-order valence-corrected chi connectivity index (χ1v) is 11.0. The third kappa shape index (κ3) is 5.26. The molecule has 2 aromatic carbocycles. The Labute approximate surface area is 176 Å². The average molecular weight is 409 g/mol. The Kier molecular flexibility index (Phi) is 7.09. The van der Waals surface area contributed by atoms with Gasteiger partial charge in [-0.25, -0.2) is 0 Å². The van der Waals surface area contributed by atoms with Crippen LogP contribution in [-0.2, 0) is 12.3 Å². The van der Waals surface area contributed by atoms with Crippen molar-refractivity contribution in [1.29, 1.82) is 0 Å². The second kappa shape index (κ2) is 9.74. The van der Waals surface area contributed by atoms with Gasteiger partial charge in [0.25, 0.3) is 5.91 Å². The van der Waals surface area contributed by atoms with Crippen molar-refractivity contribution in [2.45, 2.75) is 51.2 Å². The number of aryl methyl sites for hydroxylation is 1. The zero-order chi connectivity index (χ0) is 20.8. The normalized spacial score (nSPS) is 12.2. The van der Waals surface area contributed by atoms with Crippen molar-refractivity contribution in [2.24, 2.45) is 5.92 Å². The van der Waals surface area contributed by atoms with E-state index in [4.69, 9.17) is 0 Å². The molecule has 3 rings (SSSR count). The highest BCUT2D eigenvalue weighted by molar-refractivity contribution is 7.98. The van der Waals surface area contributed by atoms with Gasteiger partial charge >= 0.3 is 0 Å². The highest BCUT2D eigenvalue weighted by atomic mass is 32.2. The number of nitrogens with zero attached hydrogens (tertiary/aromatic N) is 3. The Morgan fingerprint density at radius 1 is 1.07 bits per heavy atom. The maximum Gasteiger partial charge on any atom is 0.251 e. The van der Waals surface area contributed by atoms with Gasteiger partial charge in [0.15, 0.2) is 11.0 Å². The number of hydrogen-bond donors (Lipinski definition) is 1. The molecule has 0 saturated carbocycles. The monoisotopic (exact) mass is 408 g/mol. The van der Waals surface area contributed by atoms with Crippen LogP contribution in [0.1, 0.15) is 54.1 Å². The molecule has 1 heterocycles. The van der Waals surface area contributed by atoms with Gasteiger partial charge in [-0.15, -0.1) is 10.2 Å². The van der Waals surface area contributed by atoms with Crippen molar-refractivity contribution in [3.05, 3.63) is 77.1 Å². The maximum absolute atomic E-state index is 12.7. The van der Waals surface area contributed by atoms with E-state index in [1.54, 1.807) is 11.8 Å². The van der Waals surface area contributed by atoms with E-state index in [2.05, 4.69) is 72.0 Å². The van der Waals surface area contributed by atoms with Crippen LogP contribution in [0.15, 0.2) is 59.8 Å². The van der Waals surface area contributed by atoms with Crippen molar-refractivity contribution < 1.29 is 4.79 Å². The number of amides is 1. The SMILES string of the molecule is CCn1c(SCc2ccc(C)cc2)nnc1[C@H](NC(=O)c1ccccc1)C(C)C. The summed E-state index contributed by atoms with van der Waals surface area (Å²) in [5.74, 6) is 1.73. The van der Waals surface area contributed by atoms with E-state index in [9.17, 15) is 4.79 Å². The average Bonchev–Trinajstić information content (AvgIpc) is 3.14. The minimum atomic E-state index is -0.205. The molecule has 29 heavy (non-hydrogen) atoms. The number of carbonyl (C=O) groups is 1. The van der Waals surface area contributed by atoms with E-state index in [0.717, 1.165) is 23.3 Å². The van der Waals surface area contributed by atoms with E-state index in [-0.39, 0.29) is 17.9 Å². The van der Waals surface area contributed by atoms with Crippen LogP contribution >= 0.6 is 11.8 Å². The molecule has 0 aliphatic carbocycles. The molecule has 0 spiro atoms. The summed E-state index contributed by atoms with van der Waals surface area (Å²) in [6.07, 6.45) is 0. The van der Waals surface area contributed by atoms with Crippen LogP contribution in [0.25, 0.3) is 0 Å². The third-order valence-corrected chi connectivity index (χ3v) is 5.86. The smallest absolute Gasteiger partial charge is 0.251 e. The zero-order valence-corrected chi connectivity index (χ0v) is 18.2. The van der Waals surface area contributed by atoms with Crippen molar-refractivity contribution >= 4 is 17.7 Å². The Morgan fingerprint density at radius 2 is 1.76 bits per heavy atom. The van der Waals surface area contributed by atoms with Crippen LogP contribution in [0.5, 0.6) is 0 Å². The summed E-state index contributed by atoms with van der Waals surface area (Å²) >= 11 is 1.67. The van der Waals surface area contributed by atoms with Gasteiger partial charge in [0.2, 0.25) is 0 Å². The summed E-state index contributed by atoms with van der Waals surface area (Å²) < 4.78 is 2.11. The number of nitrogens with one attached hydrogen (secondary N) is 1. The molecular formula is C23H28N4OS. The van der Waals surface area contributed by atoms with Gasteiger partial charge in [0, 0.05) is 17.9 Å². The van der Waals surface area contributed by atoms with Crippen LogP contribution in [0.3, 0.4) is 0 Å². The fourth-order valence-electron chi connectivity index (χ4n) is 3.11. The number of benzene rings is 2. The Morgan fingerprint density at radius 3 is 2.38 bits per heavy atom. The highest BCUT2D eigenvalue weighted by Gasteiger charge is 2.26. The minimum absolute atomic E-state index is 0.0937. The van der Waals surface area contributed by atoms with Crippen molar-refractivity contribution in [2.75, 3.05) is 0 Å². The lowest BCUT2D eigenvalue weighted by atomic mass is 10.0. The van der Waals surface area contributed by atoms with E-state index < -0.39 is 0 Å². The van der Waals surface area contributed by atoms with Gasteiger partial charge in [0.05, 0.1) is 6.04 Å². The first-order valence-electron chi connectivity index (χ1n) is 9.97. The summed E-state index contributed by atoms with van der Waals surface area (Å²) in [4.78, 5) is 12.7. The molecule has 0 radical (unpaired) electrons. The predicted octanol–water partition coefficient (Wildman–Crippen LogP) is 5.03. The summed E-state index contributed by atoms with van der Waals surface area (Å²) in [5, 5.41) is 12.9. The Balaban J connectivity index is 1.78. The summed E-state index contributed by atoms with van der Waals surface area (Å²) in [7, 11) is 0. The molecule has 1 atom stereocenters. The number of hydrogen-bond acceptors (Lipinski definition) is 4. The molecule has 0 unspecified atom stereocenters. The van der Waals surface area contributed by atoms with Gasteiger partial charge in [-0.1, -0.05) is 73.6 Å². The Hall–Kier alpha value is -2.60. The highest BCUT2D eigenvalue weighted by Crippen LogP contribution is 2.27. The molecule has 1 N–H and O–H groups in total. The molecular weight excluding hydrogens is 380 g/mol. The lowest BCUT2D eigenvalue weighted by Gasteiger charge is -2.22. The molecule has 0 fully saturated rings. The minimum Gasteiger partial charge on any atom is -0.342 e. The first-order chi connectivity index (χ1) is 14.0. The van der Waals surface area contributed by atoms with Crippen LogP contribution < -0.4 is 5.32 Å². The topological polar surface area (TPSA) is 59.8 Å². The first kappa shape index (κ1) is 21.1. The molecule has 5 nitrogen and oxygen atoms in total. The van der Waals surface area contributed by atoms with Gasteiger partial charge < -0.3 is 9.88 Å². The van der Waals surface area contributed by atoms with E-state index >= 15 is 0 Å². The molecule has 1 amide bonds. The van der Waals surface area contributed by atoms with Crippen LogP contribution in [0.2, 0.25) is 0 Å². The Bertz CT molecular complexity index is 935. The molecule has 0 saturated heterocycles. The van der Waals surface area contributed by atoms with Crippen LogP contribution in [-0.4, -0.2) is 20.7 Å². The number of aromatic nitrogens is 3. The largest absolute Gasteiger partial charge is 0.342 e. The number of carbonyl (C=O) groups excluding carboxylic acids is 1. The summed E-state index contributed by atoms with van der Waals surface area (Å²) in [6.45, 7) is 9.10. The van der Waals surface area contributed by atoms with E-state index in [1.807, 2.05) is 30.3 Å². The molecule has 0 bridgehead atoms. The molecule has 0 aliphatic heterocycles. The van der Waals surface area contributed by atoms with Crippen molar-refractivity contribution in [3.63, 3.8) is 0 Å². The van der Waals surface area contributed by atoms with Crippen molar-refractivity contribution in [1.82, 2.24) is 20.1 Å². The molecule has 6 heteroatoms. The second-order valence-corrected chi connectivity index (χ2v) is 8.36. The summed E-state index contributed by atoms with van der Waals surface area (Å²) in [6, 6.07) is 17.6.